The minimum absolute atomic E-state index is 0. The zero-order chi connectivity index (χ0) is 13.7. The zero-order valence-corrected chi connectivity index (χ0v) is 13.2. The average molecular weight is 297 g/mol. The molecule has 1 amide bonds. The molecule has 4 heteroatoms. The van der Waals surface area contributed by atoms with E-state index in [1.54, 1.807) is 0 Å². The molecule has 2 rings (SSSR count). The SMILES string of the molecule is CCC(Cc1ccccc1)N(CC)C(=O)C1CNC1.Cl. The van der Waals surface area contributed by atoms with Gasteiger partial charge in [0.2, 0.25) is 5.91 Å². The molecule has 112 valence electrons. The maximum Gasteiger partial charge on any atom is 0.228 e. The number of hydrogen-bond acceptors (Lipinski definition) is 2. The van der Waals surface area contributed by atoms with E-state index >= 15 is 0 Å². The number of benzene rings is 1. The predicted octanol–water partition coefficient (Wildman–Crippen LogP) is 2.50. The van der Waals surface area contributed by atoms with E-state index in [-0.39, 0.29) is 18.3 Å². The second-order valence-corrected chi connectivity index (χ2v) is 5.23. The number of carbonyl (C=O) groups excluding carboxylic acids is 1. The molecule has 0 radical (unpaired) electrons. The van der Waals surface area contributed by atoms with E-state index < -0.39 is 0 Å². The summed E-state index contributed by atoms with van der Waals surface area (Å²) in [7, 11) is 0. The van der Waals surface area contributed by atoms with Gasteiger partial charge in [-0.1, -0.05) is 37.3 Å². The van der Waals surface area contributed by atoms with Crippen molar-refractivity contribution < 1.29 is 4.79 Å². The Morgan fingerprint density at radius 1 is 1.30 bits per heavy atom. The van der Waals surface area contributed by atoms with Crippen LogP contribution in [-0.2, 0) is 11.2 Å². The van der Waals surface area contributed by atoms with Crippen LogP contribution in [0.3, 0.4) is 0 Å². The molecule has 1 aromatic rings. The van der Waals surface area contributed by atoms with Crippen LogP contribution in [0.5, 0.6) is 0 Å². The summed E-state index contributed by atoms with van der Waals surface area (Å²) in [5.74, 6) is 0.522. The fourth-order valence-corrected chi connectivity index (χ4v) is 2.65. The maximum atomic E-state index is 12.4. The van der Waals surface area contributed by atoms with Crippen molar-refractivity contribution in [2.75, 3.05) is 19.6 Å². The molecule has 1 unspecified atom stereocenters. The molecule has 0 bridgehead atoms. The molecular weight excluding hydrogens is 272 g/mol. The van der Waals surface area contributed by atoms with Gasteiger partial charge in [-0.15, -0.1) is 12.4 Å². The summed E-state index contributed by atoms with van der Waals surface area (Å²) < 4.78 is 0. The predicted molar refractivity (Wildman–Crippen MR) is 85.2 cm³/mol. The van der Waals surface area contributed by atoms with Crippen LogP contribution < -0.4 is 5.32 Å². The van der Waals surface area contributed by atoms with Gasteiger partial charge in [0.15, 0.2) is 0 Å². The van der Waals surface area contributed by atoms with Crippen LogP contribution in [0, 0.1) is 5.92 Å². The van der Waals surface area contributed by atoms with Crippen molar-refractivity contribution in [1.29, 1.82) is 0 Å². The van der Waals surface area contributed by atoms with Crippen molar-refractivity contribution >= 4 is 18.3 Å². The maximum absolute atomic E-state index is 12.4. The minimum Gasteiger partial charge on any atom is -0.339 e. The summed E-state index contributed by atoms with van der Waals surface area (Å²) in [5.41, 5.74) is 1.31. The van der Waals surface area contributed by atoms with Crippen molar-refractivity contribution in [3.63, 3.8) is 0 Å². The fraction of sp³-hybridized carbons (Fsp3) is 0.562. The summed E-state index contributed by atoms with van der Waals surface area (Å²) in [6.45, 7) is 6.75. The van der Waals surface area contributed by atoms with Crippen LogP contribution in [0.1, 0.15) is 25.8 Å². The normalized spacial score (nSPS) is 15.9. The number of amides is 1. The first kappa shape index (κ1) is 17.0. The van der Waals surface area contributed by atoms with Crippen molar-refractivity contribution in [1.82, 2.24) is 10.2 Å². The highest BCUT2D eigenvalue weighted by Gasteiger charge is 2.31. The Morgan fingerprint density at radius 3 is 2.40 bits per heavy atom. The van der Waals surface area contributed by atoms with Gasteiger partial charge in [0.1, 0.15) is 0 Å². The van der Waals surface area contributed by atoms with E-state index in [2.05, 4.69) is 48.3 Å². The zero-order valence-electron chi connectivity index (χ0n) is 12.3. The monoisotopic (exact) mass is 296 g/mol. The number of nitrogens with one attached hydrogen (secondary N) is 1. The Morgan fingerprint density at radius 2 is 1.95 bits per heavy atom. The van der Waals surface area contributed by atoms with Crippen LogP contribution in [0.25, 0.3) is 0 Å². The Balaban J connectivity index is 0.00000200. The number of nitrogens with zero attached hydrogens (tertiary/aromatic N) is 1. The standard InChI is InChI=1S/C16H24N2O.ClH/c1-3-15(10-13-8-6-5-7-9-13)18(4-2)16(19)14-11-17-12-14;/h5-9,14-15,17H,3-4,10-12H2,1-2H3;1H. The van der Waals surface area contributed by atoms with E-state index in [9.17, 15) is 4.79 Å². The van der Waals surface area contributed by atoms with Gasteiger partial charge in [0.05, 0.1) is 5.92 Å². The lowest BCUT2D eigenvalue weighted by Gasteiger charge is -2.36. The van der Waals surface area contributed by atoms with Gasteiger partial charge in [-0.05, 0) is 25.3 Å². The summed E-state index contributed by atoms with van der Waals surface area (Å²) in [6.07, 6.45) is 1.96. The fourth-order valence-electron chi connectivity index (χ4n) is 2.65. The van der Waals surface area contributed by atoms with Crippen molar-refractivity contribution in [3.05, 3.63) is 35.9 Å². The molecule has 1 N–H and O–H groups in total. The third-order valence-electron chi connectivity index (χ3n) is 3.98. The van der Waals surface area contributed by atoms with Crippen LogP contribution in [0.2, 0.25) is 0 Å². The van der Waals surface area contributed by atoms with E-state index in [1.807, 2.05) is 6.07 Å². The lowest BCUT2D eigenvalue weighted by Crippen LogP contribution is -2.54. The summed E-state index contributed by atoms with van der Waals surface area (Å²) in [4.78, 5) is 14.5. The highest BCUT2D eigenvalue weighted by molar-refractivity contribution is 5.85. The first-order valence-electron chi connectivity index (χ1n) is 7.31. The highest BCUT2D eigenvalue weighted by atomic mass is 35.5. The van der Waals surface area contributed by atoms with E-state index in [1.165, 1.54) is 5.56 Å². The van der Waals surface area contributed by atoms with Gasteiger partial charge in [-0.3, -0.25) is 4.79 Å². The largest absolute Gasteiger partial charge is 0.339 e. The lowest BCUT2D eigenvalue weighted by molar-refractivity contribution is -0.139. The second-order valence-electron chi connectivity index (χ2n) is 5.23. The molecule has 0 aromatic heterocycles. The Kier molecular flexibility index (Phi) is 7.03. The first-order valence-corrected chi connectivity index (χ1v) is 7.31. The van der Waals surface area contributed by atoms with Crippen LogP contribution >= 0.6 is 12.4 Å². The highest BCUT2D eigenvalue weighted by Crippen LogP contribution is 2.16. The molecule has 1 fully saturated rings. The number of halogens is 1. The van der Waals surface area contributed by atoms with Crippen LogP contribution in [0.4, 0.5) is 0 Å². The minimum atomic E-state index is 0. The number of hydrogen-bond donors (Lipinski definition) is 1. The lowest BCUT2D eigenvalue weighted by atomic mass is 9.97. The number of carbonyl (C=O) groups is 1. The second kappa shape index (κ2) is 8.28. The topological polar surface area (TPSA) is 32.3 Å². The number of likely N-dealkylation sites (N-methyl/N-ethyl adjacent to an activating group) is 1. The molecule has 1 heterocycles. The summed E-state index contributed by atoms with van der Waals surface area (Å²) in [5, 5.41) is 3.18. The van der Waals surface area contributed by atoms with Gasteiger partial charge in [-0.2, -0.15) is 0 Å². The van der Waals surface area contributed by atoms with Gasteiger partial charge in [0, 0.05) is 25.7 Å². The molecule has 20 heavy (non-hydrogen) atoms. The van der Waals surface area contributed by atoms with Gasteiger partial charge in [0.25, 0.3) is 0 Å². The Hall–Kier alpha value is -1.06. The van der Waals surface area contributed by atoms with Gasteiger partial charge < -0.3 is 10.2 Å². The molecule has 1 aliphatic heterocycles. The molecular formula is C16H25ClN2O. The van der Waals surface area contributed by atoms with E-state index in [0.29, 0.717) is 11.9 Å². The van der Waals surface area contributed by atoms with Crippen molar-refractivity contribution in [3.8, 4) is 0 Å². The van der Waals surface area contributed by atoms with Crippen molar-refractivity contribution in [2.45, 2.75) is 32.7 Å². The number of rotatable bonds is 6. The molecule has 0 spiro atoms. The van der Waals surface area contributed by atoms with Gasteiger partial charge in [-0.25, -0.2) is 0 Å². The van der Waals surface area contributed by atoms with Gasteiger partial charge >= 0.3 is 0 Å². The molecule has 1 aromatic carbocycles. The first-order chi connectivity index (χ1) is 9.26. The third kappa shape index (κ3) is 3.97. The van der Waals surface area contributed by atoms with Crippen LogP contribution in [-0.4, -0.2) is 36.5 Å². The summed E-state index contributed by atoms with van der Waals surface area (Å²) >= 11 is 0. The Bertz CT molecular complexity index is 406. The average Bonchev–Trinajstić information content (AvgIpc) is 2.37. The molecule has 1 saturated heterocycles. The Labute approximate surface area is 128 Å². The summed E-state index contributed by atoms with van der Waals surface area (Å²) in [6, 6.07) is 10.8. The van der Waals surface area contributed by atoms with E-state index in [0.717, 1.165) is 32.5 Å². The molecule has 1 aliphatic rings. The quantitative estimate of drug-likeness (QED) is 0.875. The molecule has 3 nitrogen and oxygen atoms in total. The van der Waals surface area contributed by atoms with Crippen molar-refractivity contribution in [2.24, 2.45) is 5.92 Å². The smallest absolute Gasteiger partial charge is 0.228 e. The van der Waals surface area contributed by atoms with Crippen LogP contribution in [0.15, 0.2) is 30.3 Å². The third-order valence-corrected chi connectivity index (χ3v) is 3.98. The molecule has 0 saturated carbocycles. The van der Waals surface area contributed by atoms with E-state index in [4.69, 9.17) is 0 Å². The molecule has 1 atom stereocenters. The molecule has 0 aliphatic carbocycles.